The molecular weight excluding hydrogens is 448 g/mol. The van der Waals surface area contributed by atoms with E-state index < -0.39 is 15.9 Å². The van der Waals surface area contributed by atoms with Crippen molar-refractivity contribution in [3.8, 4) is 5.75 Å². The largest absolute Gasteiger partial charge is 0.491 e. The summed E-state index contributed by atoms with van der Waals surface area (Å²) in [5, 5.41) is 2.82. The third kappa shape index (κ3) is 6.24. The van der Waals surface area contributed by atoms with Crippen molar-refractivity contribution in [1.82, 2.24) is 5.32 Å². The predicted octanol–water partition coefficient (Wildman–Crippen LogP) is 5.17. The Bertz CT molecular complexity index is 1210. The second-order valence-corrected chi connectivity index (χ2v) is 9.67. The molecule has 0 aromatic heterocycles. The van der Waals surface area contributed by atoms with E-state index in [1.807, 2.05) is 51.1 Å². The molecular formula is C24H25ClN2O4S. The molecule has 0 saturated carbocycles. The molecule has 1 amide bonds. The van der Waals surface area contributed by atoms with Gasteiger partial charge in [0.05, 0.1) is 11.1 Å². The highest BCUT2D eigenvalue weighted by Gasteiger charge is 2.20. The number of carbonyl (C=O) groups is 1. The van der Waals surface area contributed by atoms with Crippen LogP contribution in [-0.2, 0) is 16.6 Å². The van der Waals surface area contributed by atoms with Crippen molar-refractivity contribution >= 4 is 33.2 Å². The molecule has 32 heavy (non-hydrogen) atoms. The second-order valence-electron chi connectivity index (χ2n) is 7.61. The number of carbonyl (C=O) groups excluding carboxylic acids is 1. The molecule has 0 radical (unpaired) electrons. The second kappa shape index (κ2) is 10.1. The van der Waals surface area contributed by atoms with Crippen molar-refractivity contribution in [2.75, 3.05) is 4.72 Å². The highest BCUT2D eigenvalue weighted by Crippen LogP contribution is 2.25. The lowest BCUT2D eigenvalue weighted by Crippen LogP contribution is -2.23. The van der Waals surface area contributed by atoms with Gasteiger partial charge in [0, 0.05) is 17.8 Å². The molecule has 6 nitrogen and oxygen atoms in total. The summed E-state index contributed by atoms with van der Waals surface area (Å²) in [7, 11) is -3.97. The van der Waals surface area contributed by atoms with E-state index >= 15 is 0 Å². The van der Waals surface area contributed by atoms with Gasteiger partial charge < -0.3 is 10.1 Å². The van der Waals surface area contributed by atoms with Crippen LogP contribution in [0.4, 0.5) is 5.69 Å². The molecule has 168 valence electrons. The van der Waals surface area contributed by atoms with Crippen LogP contribution >= 0.6 is 11.6 Å². The van der Waals surface area contributed by atoms with Crippen LogP contribution in [0.1, 0.15) is 35.3 Å². The number of halogens is 1. The number of amides is 1. The van der Waals surface area contributed by atoms with Crippen molar-refractivity contribution in [2.45, 2.75) is 38.3 Å². The molecule has 0 unspecified atom stereocenters. The quantitative estimate of drug-likeness (QED) is 0.474. The SMILES string of the molecule is Cc1cccc(NS(=O)(=O)c2cc(C(=O)NCc3ccc(OC(C)C)cc3)ccc2Cl)c1. The topological polar surface area (TPSA) is 84.5 Å². The Labute approximate surface area is 193 Å². The lowest BCUT2D eigenvalue weighted by molar-refractivity contribution is 0.0950. The van der Waals surface area contributed by atoms with Crippen molar-refractivity contribution in [1.29, 1.82) is 0 Å². The number of aryl methyl sites for hydroxylation is 1. The first-order valence-corrected chi connectivity index (χ1v) is 11.9. The minimum Gasteiger partial charge on any atom is -0.491 e. The first-order chi connectivity index (χ1) is 15.1. The maximum atomic E-state index is 12.9. The summed E-state index contributed by atoms with van der Waals surface area (Å²) in [6.07, 6.45) is 0.0799. The van der Waals surface area contributed by atoms with E-state index in [-0.39, 0.29) is 28.1 Å². The van der Waals surface area contributed by atoms with Crippen LogP contribution in [0.25, 0.3) is 0 Å². The molecule has 0 aliphatic heterocycles. The summed E-state index contributed by atoms with van der Waals surface area (Å²) >= 11 is 6.14. The molecule has 3 rings (SSSR count). The molecule has 2 N–H and O–H groups in total. The van der Waals surface area contributed by atoms with E-state index in [0.717, 1.165) is 16.9 Å². The fourth-order valence-electron chi connectivity index (χ4n) is 3.01. The summed E-state index contributed by atoms with van der Waals surface area (Å²) in [6, 6.07) is 18.5. The Balaban J connectivity index is 1.72. The van der Waals surface area contributed by atoms with Crippen molar-refractivity contribution in [2.24, 2.45) is 0 Å². The van der Waals surface area contributed by atoms with Gasteiger partial charge in [-0.25, -0.2) is 8.42 Å². The summed E-state index contributed by atoms with van der Waals surface area (Å²) in [4.78, 5) is 12.5. The van der Waals surface area contributed by atoms with Crippen LogP contribution in [0.15, 0.2) is 71.6 Å². The number of nitrogens with one attached hydrogen (secondary N) is 2. The summed E-state index contributed by atoms with van der Waals surface area (Å²) in [5.74, 6) is 0.347. The Hall–Kier alpha value is -3.03. The van der Waals surface area contributed by atoms with Crippen LogP contribution in [0.5, 0.6) is 5.75 Å². The molecule has 8 heteroatoms. The molecule has 0 fully saturated rings. The van der Waals surface area contributed by atoms with Gasteiger partial charge in [0.2, 0.25) is 0 Å². The van der Waals surface area contributed by atoms with Crippen molar-refractivity contribution < 1.29 is 17.9 Å². The standard InChI is InChI=1S/C24H25ClN2O4S/c1-16(2)31-21-10-7-18(8-11-21)15-26-24(28)19-9-12-22(25)23(14-19)32(29,30)27-20-6-4-5-17(3)13-20/h4-14,16,27H,15H2,1-3H3,(H,26,28). The maximum absolute atomic E-state index is 12.9. The normalized spacial score (nSPS) is 11.3. The van der Waals surface area contributed by atoms with Crippen LogP contribution in [0.3, 0.4) is 0 Å². The summed E-state index contributed by atoms with van der Waals surface area (Å²) < 4.78 is 33.8. The Kier molecular flexibility index (Phi) is 7.43. The number of sulfonamides is 1. The molecule has 0 aliphatic rings. The zero-order chi connectivity index (χ0) is 23.3. The molecule has 0 spiro atoms. The molecule has 3 aromatic carbocycles. The number of hydrogen-bond acceptors (Lipinski definition) is 4. The van der Waals surface area contributed by atoms with Gasteiger partial charge in [-0.1, -0.05) is 35.9 Å². The highest BCUT2D eigenvalue weighted by atomic mass is 35.5. The van der Waals surface area contributed by atoms with Gasteiger partial charge in [0.25, 0.3) is 15.9 Å². The minimum atomic E-state index is -3.97. The number of hydrogen-bond donors (Lipinski definition) is 2. The van der Waals surface area contributed by atoms with Gasteiger partial charge in [-0.3, -0.25) is 9.52 Å². The minimum absolute atomic E-state index is 0.0300. The van der Waals surface area contributed by atoms with E-state index in [0.29, 0.717) is 5.69 Å². The fourth-order valence-corrected chi connectivity index (χ4v) is 4.59. The lowest BCUT2D eigenvalue weighted by atomic mass is 10.2. The van der Waals surface area contributed by atoms with Gasteiger partial charge in [-0.15, -0.1) is 0 Å². The first-order valence-electron chi connectivity index (χ1n) is 10.1. The molecule has 0 aliphatic carbocycles. The van der Waals surface area contributed by atoms with Gasteiger partial charge >= 0.3 is 0 Å². The monoisotopic (exact) mass is 472 g/mol. The zero-order valence-electron chi connectivity index (χ0n) is 18.1. The molecule has 0 bridgehead atoms. The van der Waals surface area contributed by atoms with Crippen LogP contribution in [0.2, 0.25) is 5.02 Å². The Morgan fingerprint density at radius 1 is 1.03 bits per heavy atom. The van der Waals surface area contributed by atoms with Gasteiger partial charge in [0.15, 0.2) is 0 Å². The Morgan fingerprint density at radius 3 is 2.41 bits per heavy atom. The zero-order valence-corrected chi connectivity index (χ0v) is 19.6. The first kappa shape index (κ1) is 23.6. The molecule has 0 saturated heterocycles. The lowest BCUT2D eigenvalue weighted by Gasteiger charge is -2.12. The van der Waals surface area contributed by atoms with Crippen molar-refractivity contribution in [3.05, 3.63) is 88.4 Å². The van der Waals surface area contributed by atoms with E-state index in [1.165, 1.54) is 18.2 Å². The van der Waals surface area contributed by atoms with Gasteiger partial charge in [0.1, 0.15) is 10.6 Å². The van der Waals surface area contributed by atoms with E-state index in [2.05, 4.69) is 10.0 Å². The van der Waals surface area contributed by atoms with Crippen LogP contribution in [0, 0.1) is 6.92 Å². The number of anilines is 1. The maximum Gasteiger partial charge on any atom is 0.263 e. The van der Waals surface area contributed by atoms with Gasteiger partial charge in [-0.2, -0.15) is 0 Å². The third-order valence-electron chi connectivity index (χ3n) is 4.50. The number of ether oxygens (including phenoxy) is 1. The average Bonchev–Trinajstić information content (AvgIpc) is 2.72. The van der Waals surface area contributed by atoms with E-state index in [9.17, 15) is 13.2 Å². The third-order valence-corrected chi connectivity index (χ3v) is 6.36. The average molecular weight is 473 g/mol. The summed E-state index contributed by atoms with van der Waals surface area (Å²) in [6.45, 7) is 6.05. The predicted molar refractivity (Wildman–Crippen MR) is 127 cm³/mol. The fraction of sp³-hybridized carbons (Fsp3) is 0.208. The summed E-state index contributed by atoms with van der Waals surface area (Å²) in [5.41, 5.74) is 2.41. The van der Waals surface area contributed by atoms with Gasteiger partial charge in [-0.05, 0) is 74.4 Å². The molecule has 3 aromatic rings. The van der Waals surface area contributed by atoms with Crippen LogP contribution in [-0.4, -0.2) is 20.4 Å². The number of rotatable bonds is 8. The number of benzene rings is 3. The molecule has 0 atom stereocenters. The Morgan fingerprint density at radius 2 is 1.75 bits per heavy atom. The van der Waals surface area contributed by atoms with E-state index in [4.69, 9.17) is 16.3 Å². The highest BCUT2D eigenvalue weighted by molar-refractivity contribution is 7.92. The smallest absolute Gasteiger partial charge is 0.263 e. The van der Waals surface area contributed by atoms with E-state index in [1.54, 1.807) is 18.2 Å². The molecule has 0 heterocycles. The van der Waals surface area contributed by atoms with Crippen LogP contribution < -0.4 is 14.8 Å². The van der Waals surface area contributed by atoms with Crippen molar-refractivity contribution in [3.63, 3.8) is 0 Å².